The Hall–Kier alpha value is -2.99. The van der Waals surface area contributed by atoms with Crippen LogP contribution < -0.4 is 5.32 Å². The quantitative estimate of drug-likeness (QED) is 0.657. The first-order chi connectivity index (χ1) is 14.6. The molecular formula is C24H28N4O2. The summed E-state index contributed by atoms with van der Waals surface area (Å²) in [4.78, 5) is 19.6. The molecule has 1 aliphatic heterocycles. The summed E-state index contributed by atoms with van der Waals surface area (Å²) in [5.41, 5.74) is 4.19. The molecule has 30 heavy (non-hydrogen) atoms. The number of para-hydroxylation sites is 1. The number of hydrogen-bond acceptors (Lipinski definition) is 5. The number of amides is 1. The fraction of sp³-hybridized carbons (Fsp3) is 0.375. The summed E-state index contributed by atoms with van der Waals surface area (Å²) in [6, 6.07) is 16.0. The Morgan fingerprint density at radius 2 is 2.00 bits per heavy atom. The van der Waals surface area contributed by atoms with E-state index in [0.29, 0.717) is 24.8 Å². The van der Waals surface area contributed by atoms with Crippen molar-refractivity contribution in [3.63, 3.8) is 0 Å². The second-order valence-electron chi connectivity index (χ2n) is 7.96. The van der Waals surface area contributed by atoms with Crippen LogP contribution in [0.2, 0.25) is 0 Å². The largest absolute Gasteiger partial charge is 0.334 e. The molecule has 1 N–H and O–H groups in total. The van der Waals surface area contributed by atoms with Gasteiger partial charge >= 0.3 is 0 Å². The van der Waals surface area contributed by atoms with Crippen LogP contribution in [0.4, 0.5) is 5.69 Å². The van der Waals surface area contributed by atoms with Crippen molar-refractivity contribution in [2.45, 2.75) is 39.7 Å². The Kier molecular flexibility index (Phi) is 6.23. The van der Waals surface area contributed by atoms with Crippen LogP contribution in [0.5, 0.6) is 0 Å². The van der Waals surface area contributed by atoms with Crippen molar-refractivity contribution in [2.75, 3.05) is 18.4 Å². The first-order valence-electron chi connectivity index (χ1n) is 10.6. The van der Waals surface area contributed by atoms with Crippen molar-refractivity contribution < 1.29 is 9.32 Å². The van der Waals surface area contributed by atoms with Gasteiger partial charge in [0, 0.05) is 17.8 Å². The van der Waals surface area contributed by atoms with Gasteiger partial charge in [-0.3, -0.25) is 9.69 Å². The summed E-state index contributed by atoms with van der Waals surface area (Å²) >= 11 is 0. The van der Waals surface area contributed by atoms with Crippen LogP contribution in [0.1, 0.15) is 36.7 Å². The molecule has 6 heteroatoms. The molecule has 0 aliphatic carbocycles. The second kappa shape index (κ2) is 9.22. The molecule has 1 fully saturated rings. The minimum Gasteiger partial charge on any atom is -0.334 e. The third kappa shape index (κ3) is 4.76. The number of rotatable bonds is 6. The highest BCUT2D eigenvalue weighted by molar-refractivity contribution is 5.93. The van der Waals surface area contributed by atoms with Gasteiger partial charge in [-0.15, -0.1) is 0 Å². The SMILES string of the molecule is CCc1ccccc1NC(=O)C1CCCN(Cc2noc(-c3ccc(C)cc3)n2)C1. The summed E-state index contributed by atoms with van der Waals surface area (Å²) in [6.07, 6.45) is 2.78. The van der Waals surface area contributed by atoms with Crippen LogP contribution in [0, 0.1) is 12.8 Å². The summed E-state index contributed by atoms with van der Waals surface area (Å²) in [5, 5.41) is 7.27. The lowest BCUT2D eigenvalue weighted by atomic mass is 9.96. The lowest BCUT2D eigenvalue weighted by Crippen LogP contribution is -2.40. The molecule has 1 amide bonds. The average Bonchev–Trinajstić information content (AvgIpc) is 3.23. The minimum absolute atomic E-state index is 0.0351. The molecule has 2 heterocycles. The van der Waals surface area contributed by atoms with E-state index in [1.807, 2.05) is 49.4 Å². The maximum atomic E-state index is 12.9. The number of aryl methyl sites for hydroxylation is 2. The van der Waals surface area contributed by atoms with Crippen LogP contribution in [0.15, 0.2) is 53.1 Å². The monoisotopic (exact) mass is 404 g/mol. The zero-order chi connectivity index (χ0) is 20.9. The molecule has 1 aromatic heterocycles. The number of likely N-dealkylation sites (tertiary alicyclic amines) is 1. The highest BCUT2D eigenvalue weighted by Crippen LogP contribution is 2.23. The molecule has 0 saturated carbocycles. The van der Waals surface area contributed by atoms with E-state index in [2.05, 4.69) is 33.3 Å². The van der Waals surface area contributed by atoms with Crippen LogP contribution in [-0.4, -0.2) is 34.0 Å². The van der Waals surface area contributed by atoms with Gasteiger partial charge in [0.2, 0.25) is 5.91 Å². The van der Waals surface area contributed by atoms with Gasteiger partial charge in [0.15, 0.2) is 5.82 Å². The van der Waals surface area contributed by atoms with E-state index >= 15 is 0 Å². The Balaban J connectivity index is 1.37. The Morgan fingerprint density at radius 1 is 1.20 bits per heavy atom. The summed E-state index contributed by atoms with van der Waals surface area (Å²) in [7, 11) is 0. The van der Waals surface area contributed by atoms with Gasteiger partial charge in [-0.05, 0) is 56.5 Å². The van der Waals surface area contributed by atoms with Gasteiger partial charge in [-0.2, -0.15) is 4.98 Å². The lowest BCUT2D eigenvalue weighted by Gasteiger charge is -2.31. The number of hydrogen-bond donors (Lipinski definition) is 1. The predicted molar refractivity (Wildman–Crippen MR) is 117 cm³/mol. The number of piperidine rings is 1. The molecule has 1 saturated heterocycles. The van der Waals surface area contributed by atoms with Gasteiger partial charge in [0.25, 0.3) is 5.89 Å². The number of benzene rings is 2. The van der Waals surface area contributed by atoms with Gasteiger partial charge in [0.1, 0.15) is 0 Å². The Labute approximate surface area is 177 Å². The highest BCUT2D eigenvalue weighted by Gasteiger charge is 2.27. The van der Waals surface area contributed by atoms with E-state index in [4.69, 9.17) is 4.52 Å². The highest BCUT2D eigenvalue weighted by atomic mass is 16.5. The molecule has 4 rings (SSSR count). The van der Waals surface area contributed by atoms with Crippen LogP contribution in [-0.2, 0) is 17.8 Å². The number of anilines is 1. The van der Waals surface area contributed by atoms with E-state index in [1.165, 1.54) is 5.56 Å². The molecule has 0 radical (unpaired) electrons. The van der Waals surface area contributed by atoms with Crippen LogP contribution >= 0.6 is 0 Å². The zero-order valence-electron chi connectivity index (χ0n) is 17.6. The van der Waals surface area contributed by atoms with E-state index in [0.717, 1.165) is 42.6 Å². The molecule has 3 aromatic rings. The van der Waals surface area contributed by atoms with E-state index in [9.17, 15) is 4.79 Å². The first kappa shape index (κ1) is 20.3. The topological polar surface area (TPSA) is 71.3 Å². The van der Waals surface area contributed by atoms with Crippen molar-refractivity contribution in [3.8, 4) is 11.5 Å². The van der Waals surface area contributed by atoms with Crippen molar-refractivity contribution in [3.05, 3.63) is 65.5 Å². The standard InChI is InChI=1S/C24H28N4O2/c1-3-18-7-4-5-9-21(18)25-23(29)20-8-6-14-28(15-20)16-22-26-24(30-27-22)19-12-10-17(2)11-13-19/h4-5,7,9-13,20H,3,6,8,14-16H2,1-2H3,(H,25,29). The van der Waals surface area contributed by atoms with E-state index in [-0.39, 0.29) is 11.8 Å². The number of nitrogens with zero attached hydrogens (tertiary/aromatic N) is 3. The maximum Gasteiger partial charge on any atom is 0.257 e. The molecule has 0 spiro atoms. The average molecular weight is 405 g/mol. The second-order valence-corrected chi connectivity index (χ2v) is 7.96. The maximum absolute atomic E-state index is 12.9. The molecule has 0 bridgehead atoms. The molecule has 2 aromatic carbocycles. The van der Waals surface area contributed by atoms with Crippen molar-refractivity contribution in [2.24, 2.45) is 5.92 Å². The lowest BCUT2D eigenvalue weighted by molar-refractivity contribution is -0.121. The Bertz CT molecular complexity index is 996. The van der Waals surface area contributed by atoms with Crippen LogP contribution in [0.3, 0.4) is 0 Å². The molecule has 6 nitrogen and oxygen atoms in total. The number of carbonyl (C=O) groups excluding carboxylic acids is 1. The van der Waals surface area contributed by atoms with E-state index in [1.54, 1.807) is 0 Å². The summed E-state index contributed by atoms with van der Waals surface area (Å²) in [5.74, 6) is 1.25. The van der Waals surface area contributed by atoms with Crippen molar-refractivity contribution in [1.82, 2.24) is 15.0 Å². The number of aromatic nitrogens is 2. The number of carbonyl (C=O) groups is 1. The fourth-order valence-electron chi connectivity index (χ4n) is 3.93. The van der Waals surface area contributed by atoms with Crippen LogP contribution in [0.25, 0.3) is 11.5 Å². The molecule has 1 aliphatic rings. The molecule has 1 atom stereocenters. The van der Waals surface area contributed by atoms with Crippen molar-refractivity contribution in [1.29, 1.82) is 0 Å². The third-order valence-electron chi connectivity index (χ3n) is 5.66. The normalized spacial score (nSPS) is 17.1. The smallest absolute Gasteiger partial charge is 0.257 e. The van der Waals surface area contributed by atoms with E-state index < -0.39 is 0 Å². The Morgan fingerprint density at radius 3 is 2.80 bits per heavy atom. The molecule has 156 valence electrons. The third-order valence-corrected chi connectivity index (χ3v) is 5.66. The van der Waals surface area contributed by atoms with Crippen molar-refractivity contribution >= 4 is 11.6 Å². The zero-order valence-corrected chi connectivity index (χ0v) is 17.6. The van der Waals surface area contributed by atoms with Gasteiger partial charge < -0.3 is 9.84 Å². The minimum atomic E-state index is -0.0351. The number of nitrogens with one attached hydrogen (secondary N) is 1. The molecular weight excluding hydrogens is 376 g/mol. The molecule has 1 unspecified atom stereocenters. The first-order valence-corrected chi connectivity index (χ1v) is 10.6. The summed E-state index contributed by atoms with van der Waals surface area (Å²) < 4.78 is 5.44. The predicted octanol–water partition coefficient (Wildman–Crippen LogP) is 4.46. The van der Waals surface area contributed by atoms with Gasteiger partial charge in [0.05, 0.1) is 12.5 Å². The van der Waals surface area contributed by atoms with Gasteiger partial charge in [-0.1, -0.05) is 48.0 Å². The fourth-order valence-corrected chi connectivity index (χ4v) is 3.93. The van der Waals surface area contributed by atoms with Gasteiger partial charge in [-0.25, -0.2) is 0 Å². The summed E-state index contributed by atoms with van der Waals surface area (Å²) in [6.45, 7) is 6.37.